The largest absolute Gasteiger partial charge is 0.482 e. The van der Waals surface area contributed by atoms with Gasteiger partial charge in [-0.25, -0.2) is 4.79 Å². The molecule has 1 aliphatic carbocycles. The quantitative estimate of drug-likeness (QED) is 0.521. The highest BCUT2D eigenvalue weighted by atomic mass is 16.5. The minimum atomic E-state index is -0.386. The van der Waals surface area contributed by atoms with Gasteiger partial charge < -0.3 is 13.9 Å². The van der Waals surface area contributed by atoms with Gasteiger partial charge in [-0.2, -0.15) is 0 Å². The van der Waals surface area contributed by atoms with Crippen molar-refractivity contribution in [3.05, 3.63) is 75.6 Å². The van der Waals surface area contributed by atoms with Crippen molar-refractivity contribution in [2.45, 2.75) is 45.1 Å². The second-order valence-electron chi connectivity index (χ2n) is 7.90. The third-order valence-corrected chi connectivity index (χ3v) is 5.86. The van der Waals surface area contributed by atoms with Gasteiger partial charge in [-0.05, 0) is 41.7 Å². The molecule has 0 bridgehead atoms. The summed E-state index contributed by atoms with van der Waals surface area (Å²) in [6.45, 7) is 0.211. The molecule has 5 nitrogen and oxygen atoms in total. The fraction of sp³-hybridized carbons (Fsp3) is 0.360. The molecule has 1 fully saturated rings. The molecule has 1 aromatic heterocycles. The van der Waals surface area contributed by atoms with Crippen molar-refractivity contribution >= 4 is 16.9 Å². The summed E-state index contributed by atoms with van der Waals surface area (Å²) < 4.78 is 16.2. The molecule has 4 rings (SSSR count). The van der Waals surface area contributed by atoms with Crippen molar-refractivity contribution in [3.8, 4) is 5.75 Å². The number of methoxy groups -OCH3 is 1. The van der Waals surface area contributed by atoms with E-state index in [0.29, 0.717) is 22.5 Å². The first-order chi connectivity index (χ1) is 14.7. The normalized spacial score (nSPS) is 14.6. The number of fused-ring (bicyclic) bond motifs is 1. The predicted molar refractivity (Wildman–Crippen MR) is 115 cm³/mol. The number of hydrogen-bond acceptors (Lipinski definition) is 5. The molecule has 1 aliphatic rings. The zero-order valence-electron chi connectivity index (χ0n) is 17.2. The lowest BCUT2D eigenvalue weighted by Crippen LogP contribution is -2.13. The zero-order chi connectivity index (χ0) is 20.9. The lowest BCUT2D eigenvalue weighted by molar-refractivity contribution is 0.0600. The van der Waals surface area contributed by atoms with Crippen molar-refractivity contribution in [2.24, 2.45) is 5.92 Å². The Bertz CT molecular complexity index is 1070. The number of rotatable bonds is 6. The van der Waals surface area contributed by atoms with Gasteiger partial charge >= 0.3 is 5.97 Å². The van der Waals surface area contributed by atoms with Crippen LogP contribution in [0.25, 0.3) is 11.0 Å². The van der Waals surface area contributed by atoms with Crippen LogP contribution in [0.5, 0.6) is 5.75 Å². The average Bonchev–Trinajstić information content (AvgIpc) is 2.79. The van der Waals surface area contributed by atoms with E-state index in [4.69, 9.17) is 13.9 Å². The Hall–Kier alpha value is -3.08. The second kappa shape index (κ2) is 9.16. The number of benzene rings is 2. The van der Waals surface area contributed by atoms with Crippen molar-refractivity contribution in [2.75, 3.05) is 7.11 Å². The summed E-state index contributed by atoms with van der Waals surface area (Å²) >= 11 is 0. The number of carbonyl (C=O) groups is 1. The third-order valence-electron chi connectivity index (χ3n) is 5.86. The highest BCUT2D eigenvalue weighted by Crippen LogP contribution is 2.29. The summed E-state index contributed by atoms with van der Waals surface area (Å²) in [5, 5.41) is 0.626. The molecule has 0 spiro atoms. The Morgan fingerprint density at radius 3 is 2.57 bits per heavy atom. The van der Waals surface area contributed by atoms with E-state index < -0.39 is 0 Å². The Labute approximate surface area is 175 Å². The maximum Gasteiger partial charge on any atom is 0.337 e. The first kappa shape index (κ1) is 20.2. The van der Waals surface area contributed by atoms with Crippen LogP contribution in [0.3, 0.4) is 0 Å². The molecule has 5 heteroatoms. The molecule has 0 N–H and O–H groups in total. The van der Waals surface area contributed by atoms with Gasteiger partial charge in [0.25, 0.3) is 0 Å². The first-order valence-corrected chi connectivity index (χ1v) is 10.5. The molecule has 1 heterocycles. The van der Waals surface area contributed by atoms with Crippen molar-refractivity contribution in [1.29, 1.82) is 0 Å². The monoisotopic (exact) mass is 406 g/mol. The summed E-state index contributed by atoms with van der Waals surface area (Å²) in [4.78, 5) is 24.7. The lowest BCUT2D eigenvalue weighted by Gasteiger charge is -2.22. The summed E-state index contributed by atoms with van der Waals surface area (Å²) in [5.41, 5.74) is 2.83. The summed E-state index contributed by atoms with van der Waals surface area (Å²) in [6, 6.07) is 12.7. The standard InChI is InChI=1S/C25H26O5/c1-28-25(27)19-12-10-18(11-13-19)15-29-22-16-30-21-9-5-8-20(23(21)24(22)26)14-17-6-3-2-4-7-17/h5,8-13,16-17H,2-4,6-7,14-15H2,1H3. The van der Waals surface area contributed by atoms with Crippen LogP contribution in [0.15, 0.2) is 57.9 Å². The minimum Gasteiger partial charge on any atom is -0.482 e. The fourth-order valence-corrected chi connectivity index (χ4v) is 4.21. The third kappa shape index (κ3) is 4.40. The van der Waals surface area contributed by atoms with E-state index in [1.54, 1.807) is 24.3 Å². The Morgan fingerprint density at radius 2 is 1.83 bits per heavy atom. The van der Waals surface area contributed by atoms with Crippen LogP contribution in [0.1, 0.15) is 53.6 Å². The van der Waals surface area contributed by atoms with Crippen molar-refractivity contribution < 1.29 is 18.7 Å². The molecule has 0 aliphatic heterocycles. The Morgan fingerprint density at radius 1 is 1.07 bits per heavy atom. The molecule has 2 aromatic carbocycles. The zero-order valence-corrected chi connectivity index (χ0v) is 17.2. The van der Waals surface area contributed by atoms with Crippen molar-refractivity contribution in [3.63, 3.8) is 0 Å². The molecule has 0 atom stereocenters. The van der Waals surface area contributed by atoms with Gasteiger partial charge in [-0.1, -0.05) is 56.4 Å². The molecule has 0 amide bonds. The van der Waals surface area contributed by atoms with Crippen LogP contribution in [0.2, 0.25) is 0 Å². The van der Waals surface area contributed by atoms with E-state index in [1.807, 2.05) is 18.2 Å². The van der Waals surface area contributed by atoms with Gasteiger partial charge in [-0.15, -0.1) is 0 Å². The Kier molecular flexibility index (Phi) is 6.17. The molecule has 156 valence electrons. The molecule has 0 radical (unpaired) electrons. The van der Waals surface area contributed by atoms with Crippen LogP contribution in [0.4, 0.5) is 0 Å². The van der Waals surface area contributed by atoms with E-state index >= 15 is 0 Å². The lowest BCUT2D eigenvalue weighted by atomic mass is 9.84. The van der Waals surface area contributed by atoms with Crippen LogP contribution in [-0.4, -0.2) is 13.1 Å². The molecule has 1 saturated carbocycles. The smallest absolute Gasteiger partial charge is 0.337 e. The van der Waals surface area contributed by atoms with Crippen LogP contribution < -0.4 is 10.2 Å². The molecular weight excluding hydrogens is 380 g/mol. The number of hydrogen-bond donors (Lipinski definition) is 0. The topological polar surface area (TPSA) is 65.7 Å². The molecule has 3 aromatic rings. The SMILES string of the molecule is COC(=O)c1ccc(COc2coc3cccc(CC4CCCCC4)c3c2=O)cc1. The molecule has 0 saturated heterocycles. The number of esters is 1. The second-order valence-corrected chi connectivity index (χ2v) is 7.90. The highest BCUT2D eigenvalue weighted by Gasteiger charge is 2.18. The van der Waals surface area contributed by atoms with Gasteiger partial charge in [0.05, 0.1) is 18.1 Å². The van der Waals surface area contributed by atoms with E-state index in [9.17, 15) is 9.59 Å². The van der Waals surface area contributed by atoms with Crippen LogP contribution >= 0.6 is 0 Å². The summed E-state index contributed by atoms with van der Waals surface area (Å²) in [6.07, 6.45) is 8.59. The van der Waals surface area contributed by atoms with E-state index in [1.165, 1.54) is 45.5 Å². The highest BCUT2D eigenvalue weighted by molar-refractivity contribution is 5.89. The van der Waals surface area contributed by atoms with Gasteiger partial charge in [0, 0.05) is 0 Å². The number of carbonyl (C=O) groups excluding carboxylic acids is 1. The summed E-state index contributed by atoms with van der Waals surface area (Å²) in [5.74, 6) is 0.445. The number of ether oxygens (including phenoxy) is 2. The van der Waals surface area contributed by atoms with E-state index in [0.717, 1.165) is 17.5 Å². The maximum absolute atomic E-state index is 13.1. The van der Waals surface area contributed by atoms with Gasteiger partial charge in [0.2, 0.25) is 11.2 Å². The predicted octanol–water partition coefficient (Wildman–Crippen LogP) is 5.28. The van der Waals surface area contributed by atoms with E-state index in [2.05, 4.69) is 0 Å². The van der Waals surface area contributed by atoms with Crippen LogP contribution in [0, 0.1) is 5.92 Å². The Balaban J connectivity index is 1.54. The van der Waals surface area contributed by atoms with Gasteiger partial charge in [0.1, 0.15) is 18.5 Å². The molecular formula is C25H26O5. The van der Waals surface area contributed by atoms with Crippen molar-refractivity contribution in [1.82, 2.24) is 0 Å². The van der Waals surface area contributed by atoms with Gasteiger partial charge in [-0.3, -0.25) is 4.79 Å². The maximum atomic E-state index is 13.1. The minimum absolute atomic E-state index is 0.131. The van der Waals surface area contributed by atoms with Crippen LogP contribution in [-0.2, 0) is 17.8 Å². The summed E-state index contributed by atoms with van der Waals surface area (Å²) in [7, 11) is 1.35. The first-order valence-electron chi connectivity index (χ1n) is 10.5. The van der Waals surface area contributed by atoms with E-state index in [-0.39, 0.29) is 23.8 Å². The molecule has 30 heavy (non-hydrogen) atoms. The fourth-order valence-electron chi connectivity index (χ4n) is 4.21. The average molecular weight is 406 g/mol. The molecule has 0 unspecified atom stereocenters. The van der Waals surface area contributed by atoms with Gasteiger partial charge in [0.15, 0.2) is 0 Å².